The van der Waals surface area contributed by atoms with Gasteiger partial charge in [0.25, 0.3) is 5.69 Å². The molecule has 17 heavy (non-hydrogen) atoms. The maximum Gasteiger partial charge on any atom is 0.376 e. The lowest BCUT2D eigenvalue weighted by Crippen LogP contribution is -2.52. The van der Waals surface area contributed by atoms with Gasteiger partial charge < -0.3 is 9.83 Å². The van der Waals surface area contributed by atoms with E-state index in [1.165, 1.54) is 0 Å². The van der Waals surface area contributed by atoms with Crippen molar-refractivity contribution in [3.05, 3.63) is 39.4 Å². The second-order valence-electron chi connectivity index (χ2n) is 4.59. The third-order valence-corrected chi connectivity index (χ3v) is 3.34. The minimum Gasteiger partial charge on any atom is -0.437 e. The fourth-order valence-electron chi connectivity index (χ4n) is 2.11. The van der Waals surface area contributed by atoms with Crippen molar-refractivity contribution >= 4 is 12.7 Å². The molecule has 0 unspecified atom stereocenters. The van der Waals surface area contributed by atoms with Crippen LogP contribution in [0.5, 0.6) is 0 Å². The van der Waals surface area contributed by atoms with E-state index in [-0.39, 0.29) is 10.6 Å². The van der Waals surface area contributed by atoms with Crippen LogP contribution in [0.3, 0.4) is 0 Å². The lowest BCUT2D eigenvalue weighted by Gasteiger charge is -2.40. The van der Waals surface area contributed by atoms with Gasteiger partial charge in [0.1, 0.15) is 0 Å². The first-order valence-corrected chi connectivity index (χ1v) is 5.66. The quantitative estimate of drug-likeness (QED) is 0.487. The first-order chi connectivity index (χ1) is 7.99. The Labute approximate surface area is 100 Å². The SMILES string of the molecule is CB(O)N1CC(c2ccc(C)c([N+](=O)[O-])c2)C1. The Hall–Kier alpha value is -1.40. The fourth-order valence-corrected chi connectivity index (χ4v) is 2.11. The number of aryl methyl sites for hydroxylation is 1. The molecule has 0 aromatic heterocycles. The Morgan fingerprint density at radius 1 is 1.53 bits per heavy atom. The van der Waals surface area contributed by atoms with E-state index in [2.05, 4.69) is 0 Å². The largest absolute Gasteiger partial charge is 0.437 e. The van der Waals surface area contributed by atoms with E-state index in [1.54, 1.807) is 25.9 Å². The van der Waals surface area contributed by atoms with Gasteiger partial charge in [0.05, 0.1) is 4.92 Å². The lowest BCUT2D eigenvalue weighted by atomic mass is 9.76. The Morgan fingerprint density at radius 2 is 2.18 bits per heavy atom. The summed E-state index contributed by atoms with van der Waals surface area (Å²) < 4.78 is 0. The van der Waals surface area contributed by atoms with Gasteiger partial charge in [-0.05, 0) is 32.4 Å². The van der Waals surface area contributed by atoms with Gasteiger partial charge in [0.15, 0.2) is 0 Å². The van der Waals surface area contributed by atoms with E-state index in [1.807, 2.05) is 10.9 Å². The maximum atomic E-state index is 10.8. The van der Waals surface area contributed by atoms with E-state index < -0.39 is 7.05 Å². The summed E-state index contributed by atoms with van der Waals surface area (Å²) in [7, 11) is -0.438. The molecule has 1 aliphatic rings. The summed E-state index contributed by atoms with van der Waals surface area (Å²) in [4.78, 5) is 12.4. The third kappa shape index (κ3) is 2.32. The second kappa shape index (κ2) is 4.47. The van der Waals surface area contributed by atoms with Gasteiger partial charge in [-0.25, -0.2) is 0 Å². The van der Waals surface area contributed by atoms with Crippen molar-refractivity contribution in [3.8, 4) is 0 Å². The zero-order valence-electron chi connectivity index (χ0n) is 9.96. The minimum atomic E-state index is -0.438. The average Bonchev–Trinajstić information content (AvgIpc) is 2.17. The van der Waals surface area contributed by atoms with E-state index in [0.29, 0.717) is 11.5 Å². The molecule has 0 amide bonds. The maximum absolute atomic E-state index is 10.8. The van der Waals surface area contributed by atoms with Gasteiger partial charge in [-0.1, -0.05) is 12.1 Å². The first kappa shape index (κ1) is 12.1. The molecule has 0 radical (unpaired) electrons. The van der Waals surface area contributed by atoms with Crippen LogP contribution in [0.15, 0.2) is 18.2 Å². The number of nitro groups is 1. The standard InChI is InChI=1S/C11H15BN2O3/c1-8-3-4-9(5-11(8)14(16)17)10-6-13(7-10)12(2)15/h3-5,10,15H,6-7H2,1-2H3. The predicted octanol–water partition coefficient (Wildman–Crippen LogP) is 1.41. The summed E-state index contributed by atoms with van der Waals surface area (Å²) in [5.74, 6) is 0.295. The van der Waals surface area contributed by atoms with Crippen molar-refractivity contribution in [1.29, 1.82) is 0 Å². The molecule has 0 saturated carbocycles. The van der Waals surface area contributed by atoms with Crippen LogP contribution < -0.4 is 0 Å². The van der Waals surface area contributed by atoms with E-state index in [9.17, 15) is 15.1 Å². The molecule has 90 valence electrons. The summed E-state index contributed by atoms with van der Waals surface area (Å²) in [6.45, 7) is 4.99. The van der Waals surface area contributed by atoms with Crippen LogP contribution in [0.2, 0.25) is 6.82 Å². The number of hydrogen-bond acceptors (Lipinski definition) is 4. The monoisotopic (exact) mass is 234 g/mol. The molecule has 1 saturated heterocycles. The molecule has 0 atom stereocenters. The Morgan fingerprint density at radius 3 is 2.71 bits per heavy atom. The van der Waals surface area contributed by atoms with Crippen LogP contribution >= 0.6 is 0 Å². The van der Waals surface area contributed by atoms with Gasteiger partial charge in [-0.2, -0.15) is 0 Å². The highest BCUT2D eigenvalue weighted by molar-refractivity contribution is 6.45. The summed E-state index contributed by atoms with van der Waals surface area (Å²) in [5.41, 5.74) is 1.85. The van der Waals surface area contributed by atoms with Crippen LogP contribution in [0.1, 0.15) is 17.0 Å². The zero-order chi connectivity index (χ0) is 12.6. The molecule has 0 spiro atoms. The highest BCUT2D eigenvalue weighted by Crippen LogP contribution is 2.30. The van der Waals surface area contributed by atoms with Crippen LogP contribution in [0.4, 0.5) is 5.69 Å². The Balaban J connectivity index is 2.14. The van der Waals surface area contributed by atoms with Crippen LogP contribution in [0.25, 0.3) is 0 Å². The Bertz CT molecular complexity index is 444. The summed E-state index contributed by atoms with van der Waals surface area (Å²) in [5, 5.41) is 20.2. The third-order valence-electron chi connectivity index (χ3n) is 3.34. The van der Waals surface area contributed by atoms with E-state index in [0.717, 1.165) is 18.7 Å². The molecule has 1 aromatic rings. The molecule has 1 heterocycles. The molecular weight excluding hydrogens is 219 g/mol. The van der Waals surface area contributed by atoms with Crippen LogP contribution in [-0.4, -0.2) is 34.9 Å². The molecule has 1 aromatic carbocycles. The smallest absolute Gasteiger partial charge is 0.376 e. The fraction of sp³-hybridized carbons (Fsp3) is 0.455. The topological polar surface area (TPSA) is 66.6 Å². The molecular formula is C11H15BN2O3. The number of nitro benzene ring substituents is 1. The normalized spacial score (nSPS) is 16.6. The molecule has 2 rings (SSSR count). The molecule has 5 nitrogen and oxygen atoms in total. The van der Waals surface area contributed by atoms with Crippen LogP contribution in [-0.2, 0) is 0 Å². The van der Waals surface area contributed by atoms with Crippen molar-refractivity contribution in [2.45, 2.75) is 19.7 Å². The number of rotatable bonds is 3. The molecule has 0 aliphatic carbocycles. The number of nitrogens with zero attached hydrogens (tertiary/aromatic N) is 2. The molecule has 1 aliphatic heterocycles. The average molecular weight is 234 g/mol. The van der Waals surface area contributed by atoms with Crippen molar-refractivity contribution < 1.29 is 9.95 Å². The minimum absolute atomic E-state index is 0.179. The highest BCUT2D eigenvalue weighted by atomic mass is 16.6. The predicted molar refractivity (Wildman–Crippen MR) is 66.0 cm³/mol. The lowest BCUT2D eigenvalue weighted by molar-refractivity contribution is -0.385. The van der Waals surface area contributed by atoms with E-state index >= 15 is 0 Å². The van der Waals surface area contributed by atoms with Crippen LogP contribution in [0, 0.1) is 17.0 Å². The van der Waals surface area contributed by atoms with Gasteiger partial charge in [0.2, 0.25) is 0 Å². The summed E-state index contributed by atoms with van der Waals surface area (Å²) >= 11 is 0. The van der Waals surface area contributed by atoms with Gasteiger partial charge in [0, 0.05) is 17.5 Å². The van der Waals surface area contributed by atoms with Gasteiger partial charge in [-0.15, -0.1) is 0 Å². The Kier molecular flexibility index (Phi) is 3.17. The van der Waals surface area contributed by atoms with Crippen molar-refractivity contribution in [3.63, 3.8) is 0 Å². The number of hydrogen-bond donors (Lipinski definition) is 1. The first-order valence-electron chi connectivity index (χ1n) is 5.66. The van der Waals surface area contributed by atoms with Crippen molar-refractivity contribution in [2.24, 2.45) is 0 Å². The van der Waals surface area contributed by atoms with Crippen molar-refractivity contribution in [1.82, 2.24) is 4.81 Å². The zero-order valence-corrected chi connectivity index (χ0v) is 9.96. The molecule has 6 heteroatoms. The van der Waals surface area contributed by atoms with E-state index in [4.69, 9.17) is 0 Å². The second-order valence-corrected chi connectivity index (χ2v) is 4.59. The molecule has 1 N–H and O–H groups in total. The highest BCUT2D eigenvalue weighted by Gasteiger charge is 2.33. The van der Waals surface area contributed by atoms with Crippen molar-refractivity contribution in [2.75, 3.05) is 13.1 Å². The summed E-state index contributed by atoms with van der Waals surface area (Å²) in [6, 6.07) is 5.38. The molecule has 1 fully saturated rings. The van der Waals surface area contributed by atoms with Gasteiger partial charge >= 0.3 is 7.05 Å². The van der Waals surface area contributed by atoms with Gasteiger partial charge in [-0.3, -0.25) is 10.1 Å². The molecule has 0 bridgehead atoms. The summed E-state index contributed by atoms with van der Waals surface area (Å²) in [6.07, 6.45) is 0. The number of benzene rings is 1.